The smallest absolute Gasteiger partial charge is 0.120 e. The molecular formula is C15H22ClNO. The van der Waals surface area contributed by atoms with E-state index in [2.05, 4.69) is 19.2 Å². The van der Waals surface area contributed by atoms with Crippen LogP contribution in [-0.2, 0) is 6.54 Å². The number of hydrogen-bond donors (Lipinski definition) is 2. The summed E-state index contributed by atoms with van der Waals surface area (Å²) in [7, 11) is 0. The van der Waals surface area contributed by atoms with E-state index in [4.69, 9.17) is 11.6 Å². The summed E-state index contributed by atoms with van der Waals surface area (Å²) in [5.41, 5.74) is 0.883. The second-order valence-electron chi connectivity index (χ2n) is 5.77. The fraction of sp³-hybridized carbons (Fsp3) is 0.600. The molecule has 2 atom stereocenters. The average Bonchev–Trinajstić information content (AvgIpc) is 2.29. The van der Waals surface area contributed by atoms with Crippen molar-refractivity contribution in [1.29, 1.82) is 0 Å². The molecule has 0 aliphatic heterocycles. The molecular weight excluding hydrogens is 246 g/mol. The highest BCUT2D eigenvalue weighted by atomic mass is 35.5. The Morgan fingerprint density at radius 3 is 2.56 bits per heavy atom. The topological polar surface area (TPSA) is 32.3 Å². The molecule has 1 aliphatic rings. The van der Waals surface area contributed by atoms with Crippen LogP contribution in [0.3, 0.4) is 0 Å². The van der Waals surface area contributed by atoms with E-state index in [1.54, 1.807) is 12.1 Å². The third-order valence-corrected chi connectivity index (χ3v) is 4.04. The highest BCUT2D eigenvalue weighted by Gasteiger charge is 2.23. The van der Waals surface area contributed by atoms with Gasteiger partial charge in [-0.3, -0.25) is 0 Å². The molecule has 1 aromatic carbocycles. The number of phenols is 1. The molecule has 0 heterocycles. The van der Waals surface area contributed by atoms with Crippen molar-refractivity contribution in [2.75, 3.05) is 0 Å². The minimum atomic E-state index is 0.323. The molecule has 0 saturated heterocycles. The summed E-state index contributed by atoms with van der Waals surface area (Å²) in [4.78, 5) is 0. The van der Waals surface area contributed by atoms with Crippen LogP contribution in [0.2, 0.25) is 5.02 Å². The number of aromatic hydroxyl groups is 1. The zero-order valence-corrected chi connectivity index (χ0v) is 11.9. The van der Waals surface area contributed by atoms with Crippen LogP contribution < -0.4 is 5.32 Å². The molecule has 100 valence electrons. The predicted octanol–water partition coefficient (Wildman–Crippen LogP) is 3.96. The highest BCUT2D eigenvalue weighted by molar-refractivity contribution is 6.30. The zero-order chi connectivity index (χ0) is 13.1. The van der Waals surface area contributed by atoms with Gasteiger partial charge in [0.1, 0.15) is 5.75 Å². The highest BCUT2D eigenvalue weighted by Crippen LogP contribution is 2.29. The van der Waals surface area contributed by atoms with Crippen molar-refractivity contribution in [2.24, 2.45) is 11.8 Å². The Bertz CT molecular complexity index is 397. The summed E-state index contributed by atoms with van der Waals surface area (Å²) in [6, 6.07) is 5.76. The van der Waals surface area contributed by atoms with E-state index in [-0.39, 0.29) is 0 Å². The maximum absolute atomic E-state index is 9.77. The van der Waals surface area contributed by atoms with Gasteiger partial charge >= 0.3 is 0 Å². The summed E-state index contributed by atoms with van der Waals surface area (Å²) in [6.45, 7) is 5.33. The summed E-state index contributed by atoms with van der Waals surface area (Å²) >= 11 is 5.95. The normalized spacial score (nSPS) is 28.3. The van der Waals surface area contributed by atoms with Gasteiger partial charge in [0, 0.05) is 23.2 Å². The molecule has 2 N–H and O–H groups in total. The van der Waals surface area contributed by atoms with Crippen molar-refractivity contribution in [3.05, 3.63) is 28.8 Å². The molecule has 0 radical (unpaired) electrons. The lowest BCUT2D eigenvalue weighted by molar-refractivity contribution is 0.237. The van der Waals surface area contributed by atoms with Gasteiger partial charge < -0.3 is 10.4 Å². The second-order valence-corrected chi connectivity index (χ2v) is 6.20. The summed E-state index contributed by atoms with van der Waals surface area (Å²) in [5, 5.41) is 14.0. The van der Waals surface area contributed by atoms with Gasteiger partial charge in [0.05, 0.1) is 0 Å². The standard InChI is InChI=1S/C15H22ClNO/c1-10-5-11(2)7-14(6-10)17-9-12-8-13(16)3-4-15(12)18/h3-4,8,10-11,14,17-18H,5-7,9H2,1-2H3. The van der Waals surface area contributed by atoms with E-state index in [9.17, 15) is 5.11 Å². The van der Waals surface area contributed by atoms with E-state index in [1.807, 2.05) is 6.07 Å². The van der Waals surface area contributed by atoms with Gasteiger partial charge in [0.25, 0.3) is 0 Å². The van der Waals surface area contributed by atoms with Crippen molar-refractivity contribution in [1.82, 2.24) is 5.32 Å². The first-order valence-corrected chi connectivity index (χ1v) is 7.13. The van der Waals surface area contributed by atoms with Gasteiger partial charge in [-0.2, -0.15) is 0 Å². The van der Waals surface area contributed by atoms with E-state index in [0.717, 1.165) is 17.4 Å². The summed E-state index contributed by atoms with van der Waals surface area (Å²) in [6.07, 6.45) is 3.79. The third kappa shape index (κ3) is 3.63. The second kappa shape index (κ2) is 5.94. The molecule has 2 unspecified atom stereocenters. The number of phenolic OH excluding ortho intramolecular Hbond substituents is 1. The van der Waals surface area contributed by atoms with E-state index >= 15 is 0 Å². The minimum Gasteiger partial charge on any atom is -0.508 e. The monoisotopic (exact) mass is 267 g/mol. The fourth-order valence-electron chi connectivity index (χ4n) is 3.06. The van der Waals surface area contributed by atoms with Gasteiger partial charge in [0.2, 0.25) is 0 Å². The fourth-order valence-corrected chi connectivity index (χ4v) is 3.26. The van der Waals surface area contributed by atoms with Gasteiger partial charge in [-0.25, -0.2) is 0 Å². The van der Waals surface area contributed by atoms with Gasteiger partial charge in [0.15, 0.2) is 0 Å². The molecule has 3 heteroatoms. The Kier molecular flexibility index (Phi) is 4.52. The first-order chi connectivity index (χ1) is 8.54. The van der Waals surface area contributed by atoms with Gasteiger partial charge in [-0.05, 0) is 49.3 Å². The average molecular weight is 268 g/mol. The Morgan fingerprint density at radius 1 is 1.22 bits per heavy atom. The van der Waals surface area contributed by atoms with Crippen LogP contribution in [-0.4, -0.2) is 11.1 Å². The summed E-state index contributed by atoms with van der Waals surface area (Å²) < 4.78 is 0. The maximum atomic E-state index is 9.77. The quantitative estimate of drug-likeness (QED) is 0.869. The lowest BCUT2D eigenvalue weighted by Gasteiger charge is -2.32. The SMILES string of the molecule is CC1CC(C)CC(NCc2cc(Cl)ccc2O)C1. The molecule has 1 aliphatic carbocycles. The van der Waals surface area contributed by atoms with Crippen LogP contribution in [0.15, 0.2) is 18.2 Å². The number of hydrogen-bond acceptors (Lipinski definition) is 2. The first kappa shape index (κ1) is 13.7. The first-order valence-electron chi connectivity index (χ1n) is 6.75. The van der Waals surface area contributed by atoms with Gasteiger partial charge in [-0.15, -0.1) is 0 Å². The Hall–Kier alpha value is -0.730. The van der Waals surface area contributed by atoms with Crippen LogP contribution in [0, 0.1) is 11.8 Å². The molecule has 1 saturated carbocycles. The summed E-state index contributed by atoms with van der Waals surface area (Å²) in [5.74, 6) is 1.90. The Morgan fingerprint density at radius 2 is 1.89 bits per heavy atom. The molecule has 1 fully saturated rings. The largest absolute Gasteiger partial charge is 0.508 e. The van der Waals surface area contributed by atoms with E-state index in [0.29, 0.717) is 23.4 Å². The van der Waals surface area contributed by atoms with E-state index < -0.39 is 0 Å². The van der Waals surface area contributed by atoms with Crippen LogP contribution in [0.1, 0.15) is 38.7 Å². The molecule has 2 nitrogen and oxygen atoms in total. The number of halogens is 1. The van der Waals surface area contributed by atoms with Crippen molar-refractivity contribution in [3.8, 4) is 5.75 Å². The van der Waals surface area contributed by atoms with Crippen molar-refractivity contribution in [2.45, 2.75) is 45.7 Å². The van der Waals surface area contributed by atoms with Crippen molar-refractivity contribution in [3.63, 3.8) is 0 Å². The predicted molar refractivity (Wildman–Crippen MR) is 75.9 cm³/mol. The van der Waals surface area contributed by atoms with Crippen molar-refractivity contribution < 1.29 is 5.11 Å². The molecule has 18 heavy (non-hydrogen) atoms. The number of nitrogens with one attached hydrogen (secondary N) is 1. The molecule has 0 spiro atoms. The molecule has 2 rings (SSSR count). The molecule has 0 aromatic heterocycles. The molecule has 0 amide bonds. The minimum absolute atomic E-state index is 0.323. The Labute approximate surface area is 114 Å². The molecule has 1 aromatic rings. The third-order valence-electron chi connectivity index (χ3n) is 3.80. The van der Waals surface area contributed by atoms with Crippen LogP contribution >= 0.6 is 11.6 Å². The van der Waals surface area contributed by atoms with Gasteiger partial charge in [-0.1, -0.05) is 25.4 Å². The van der Waals surface area contributed by atoms with Crippen LogP contribution in [0.25, 0.3) is 0 Å². The number of rotatable bonds is 3. The maximum Gasteiger partial charge on any atom is 0.120 e. The van der Waals surface area contributed by atoms with Crippen LogP contribution in [0.4, 0.5) is 0 Å². The lowest BCUT2D eigenvalue weighted by atomic mass is 9.80. The zero-order valence-electron chi connectivity index (χ0n) is 11.1. The molecule has 0 bridgehead atoms. The Balaban J connectivity index is 1.92. The number of benzene rings is 1. The lowest BCUT2D eigenvalue weighted by Crippen LogP contribution is -2.35. The van der Waals surface area contributed by atoms with E-state index in [1.165, 1.54) is 19.3 Å². The van der Waals surface area contributed by atoms with Crippen molar-refractivity contribution >= 4 is 11.6 Å². The van der Waals surface area contributed by atoms with Crippen LogP contribution in [0.5, 0.6) is 5.75 Å².